The number of aromatic hydroxyl groups is 2. The molecular formula is C61H65N5O18. The molecule has 2 bridgehead atoms. The molecule has 15 rings (SSSR count). The van der Waals surface area contributed by atoms with Crippen molar-refractivity contribution in [3.8, 4) is 28.4 Å². The van der Waals surface area contributed by atoms with Crippen molar-refractivity contribution in [2.24, 2.45) is 0 Å². The third-order valence-electron chi connectivity index (χ3n) is 19.0. The highest BCUT2D eigenvalue weighted by Gasteiger charge is 2.59. The number of phenolic OH excluding ortho intramolecular Hbond substituents is 2. The van der Waals surface area contributed by atoms with E-state index in [1.54, 1.807) is 9.80 Å². The molecule has 0 spiro atoms. The Morgan fingerprint density at radius 3 is 2.14 bits per heavy atom. The molecule has 8 fully saturated rings. The Morgan fingerprint density at radius 1 is 0.762 bits per heavy atom. The number of hydrogen-bond donors (Lipinski definition) is 5. The molecule has 0 radical (unpaired) electrons. The number of carbonyl (C=O) groups is 6. The van der Waals surface area contributed by atoms with Crippen molar-refractivity contribution in [3.63, 3.8) is 0 Å². The van der Waals surface area contributed by atoms with Gasteiger partial charge in [0, 0.05) is 87.5 Å². The van der Waals surface area contributed by atoms with Crippen LogP contribution in [0.15, 0.2) is 66.7 Å². The smallest absolute Gasteiger partial charge is 0.407 e. The topological polar surface area (TPSA) is 280 Å². The number of hydrogen-bond acceptors (Lipinski definition) is 19. The average Bonchev–Trinajstić information content (AvgIpc) is 1.36. The third kappa shape index (κ3) is 8.87. The van der Waals surface area contributed by atoms with Crippen LogP contribution in [0, 0.1) is 0 Å². The summed E-state index contributed by atoms with van der Waals surface area (Å²) in [5.41, 5.74) is 0.866. The number of fused-ring (bicyclic) bond motifs is 12. The van der Waals surface area contributed by atoms with Gasteiger partial charge in [-0.1, -0.05) is 60.7 Å². The fraction of sp³-hybridized carbons (Fsp3) is 0.508. The molecule has 4 amide bonds. The molecule has 442 valence electrons. The highest BCUT2D eigenvalue weighted by molar-refractivity contribution is 6.31. The molecule has 8 heterocycles. The van der Waals surface area contributed by atoms with E-state index in [-0.39, 0.29) is 104 Å². The summed E-state index contributed by atoms with van der Waals surface area (Å²) in [6.07, 6.45) is -6.60. The molecule has 14 atom stereocenters. The number of nitrogens with one attached hydrogen (secondary N) is 2. The van der Waals surface area contributed by atoms with Crippen molar-refractivity contribution in [2.75, 3.05) is 60.3 Å². The normalized spacial score (nSPS) is 32.4. The highest BCUT2D eigenvalue weighted by Crippen LogP contribution is 2.54. The Balaban J connectivity index is 0.621. The standard InChI is InChI=1S/C61H65N5O18/c1-28-54-40(65-17-18-78-58(77-3)57(65)84-54)20-45(82-28)83-42-22-61(75,21-36-47(42)53(72)49-48(51(36)70)50(69)35-13-8-14-41(76-2)46(35)52(49)71)59(73)66-29-19-30(66)24-64(23-29)44(68)16-15-43(67)62-38-26-79-56-39(27-80-55(38)56)63-60(74)81-25-37-33-11-6-4-9-31(33)32-10-5-7-12-34(32)37/h4-14,28-30,37-40,42,45,54-58,70,72,75H,15-27H2,1-3H3,(H,62,67)(H,63,74)/t28-,29?,30?,38-,39-,40-,42-,45-,54+,55+,56+,57+,58-,61-/m0/s1. The first-order valence-electron chi connectivity index (χ1n) is 28.8. The van der Waals surface area contributed by atoms with Gasteiger partial charge in [0.05, 0.1) is 80.0 Å². The van der Waals surface area contributed by atoms with Crippen LogP contribution in [0.2, 0.25) is 0 Å². The van der Waals surface area contributed by atoms with Crippen LogP contribution >= 0.6 is 0 Å². The zero-order valence-corrected chi connectivity index (χ0v) is 46.4. The summed E-state index contributed by atoms with van der Waals surface area (Å²) in [5, 5.41) is 43.2. The monoisotopic (exact) mass is 1160 g/mol. The van der Waals surface area contributed by atoms with Crippen molar-refractivity contribution in [1.29, 1.82) is 0 Å². The van der Waals surface area contributed by atoms with Crippen molar-refractivity contribution in [3.05, 3.63) is 111 Å². The maximum Gasteiger partial charge on any atom is 0.407 e. The Kier molecular flexibility index (Phi) is 13.8. The SMILES string of the molecule is COc1cccc2c1C(=O)c1c(O)c3c(c(O)c1C2=O)C[C@@](O)(C(=O)N1C2CC1CN(C(=O)CCC(=O)N[C@H]1CO[C@H]4[C@@H]1OC[C@@H]4NC(=O)OCC1c4ccccc4-c4ccccc41)C2)C[C@@H]3O[C@H]1C[C@H]2[C@H](O[C@@H]3[C@@H](OC)OCCN32)[C@H](C)O1. The number of rotatable bonds is 12. The van der Waals surface area contributed by atoms with E-state index in [1.807, 2.05) is 31.2 Å². The van der Waals surface area contributed by atoms with Gasteiger partial charge in [-0.05, 0) is 41.7 Å². The lowest BCUT2D eigenvalue weighted by molar-refractivity contribution is -0.256. The summed E-state index contributed by atoms with van der Waals surface area (Å²) in [4.78, 5) is 89.4. The minimum Gasteiger partial charge on any atom is -0.507 e. The molecule has 23 heteroatoms. The molecular weight excluding hydrogens is 1090 g/mol. The van der Waals surface area contributed by atoms with Crippen molar-refractivity contribution < 1.29 is 86.7 Å². The summed E-state index contributed by atoms with van der Waals surface area (Å²) in [7, 11) is 2.88. The van der Waals surface area contributed by atoms with Crippen LogP contribution in [-0.2, 0) is 58.7 Å². The van der Waals surface area contributed by atoms with Gasteiger partial charge in [-0.15, -0.1) is 0 Å². The van der Waals surface area contributed by atoms with Crippen LogP contribution in [0.1, 0.15) is 105 Å². The molecule has 8 aliphatic heterocycles. The lowest BCUT2D eigenvalue weighted by atomic mass is 9.71. The first kappa shape index (κ1) is 54.9. The minimum atomic E-state index is -2.29. The molecule has 0 saturated carbocycles. The molecule has 84 heavy (non-hydrogen) atoms. The number of morpholine rings is 1. The summed E-state index contributed by atoms with van der Waals surface area (Å²) >= 11 is 0. The van der Waals surface area contributed by atoms with Crippen LogP contribution in [0.4, 0.5) is 4.79 Å². The number of methoxy groups -OCH3 is 2. The molecule has 4 aromatic carbocycles. The van der Waals surface area contributed by atoms with Crippen LogP contribution in [-0.4, -0.2) is 205 Å². The van der Waals surface area contributed by atoms with Gasteiger partial charge in [-0.3, -0.25) is 28.9 Å². The number of nitrogens with zero attached hydrogens (tertiary/aromatic N) is 3. The van der Waals surface area contributed by atoms with Crippen molar-refractivity contribution in [2.45, 2.75) is 137 Å². The van der Waals surface area contributed by atoms with E-state index in [9.17, 15) is 39.3 Å². The fourth-order valence-electron chi connectivity index (χ4n) is 15.1. The predicted octanol–water partition coefficient (Wildman–Crippen LogP) is 2.93. The van der Waals surface area contributed by atoms with Gasteiger partial charge in [0.25, 0.3) is 5.91 Å². The molecule has 3 aliphatic carbocycles. The van der Waals surface area contributed by atoms with Gasteiger partial charge in [0.2, 0.25) is 17.6 Å². The Morgan fingerprint density at radius 2 is 1.44 bits per heavy atom. The second kappa shape index (κ2) is 21.2. The van der Waals surface area contributed by atoms with Gasteiger partial charge in [-0.25, -0.2) is 4.79 Å². The second-order valence-corrected chi connectivity index (χ2v) is 23.6. The zero-order chi connectivity index (χ0) is 58.0. The zero-order valence-electron chi connectivity index (χ0n) is 46.4. The van der Waals surface area contributed by atoms with E-state index in [0.29, 0.717) is 19.6 Å². The number of ketones is 2. The number of amides is 4. The van der Waals surface area contributed by atoms with Crippen LogP contribution in [0.25, 0.3) is 11.1 Å². The number of benzene rings is 4. The van der Waals surface area contributed by atoms with E-state index >= 15 is 4.79 Å². The predicted molar refractivity (Wildman–Crippen MR) is 290 cm³/mol. The highest BCUT2D eigenvalue weighted by atomic mass is 16.7. The number of aliphatic hydroxyl groups is 1. The van der Waals surface area contributed by atoms with E-state index in [0.717, 1.165) is 22.3 Å². The van der Waals surface area contributed by atoms with Gasteiger partial charge in [-0.2, -0.15) is 0 Å². The number of piperazine rings is 1. The molecule has 0 aromatic heterocycles. The van der Waals surface area contributed by atoms with Gasteiger partial charge >= 0.3 is 6.09 Å². The Hall–Kier alpha value is -7.06. The number of alkyl carbamates (subject to hydrolysis) is 1. The average molecular weight is 1160 g/mol. The summed E-state index contributed by atoms with van der Waals surface area (Å²) < 4.78 is 54.3. The van der Waals surface area contributed by atoms with Gasteiger partial charge < -0.3 is 78.4 Å². The molecule has 5 N–H and O–H groups in total. The molecule has 4 aromatic rings. The van der Waals surface area contributed by atoms with Crippen molar-refractivity contribution >= 4 is 35.4 Å². The van der Waals surface area contributed by atoms with E-state index in [2.05, 4.69) is 39.8 Å². The van der Waals surface area contributed by atoms with Gasteiger partial charge in [0.15, 0.2) is 24.6 Å². The number of carbonyl (C=O) groups excluding carboxylic acids is 6. The third-order valence-corrected chi connectivity index (χ3v) is 19.0. The fourth-order valence-corrected chi connectivity index (χ4v) is 15.1. The minimum absolute atomic E-state index is 0.0580. The lowest BCUT2D eigenvalue weighted by Gasteiger charge is -2.58. The first-order chi connectivity index (χ1) is 40.6. The van der Waals surface area contributed by atoms with Crippen LogP contribution < -0.4 is 15.4 Å². The molecule has 2 unspecified atom stereocenters. The van der Waals surface area contributed by atoms with E-state index < -0.39 is 138 Å². The van der Waals surface area contributed by atoms with Gasteiger partial charge in [0.1, 0.15) is 47.8 Å². The maximum absolute atomic E-state index is 15.0. The maximum atomic E-state index is 15.0. The molecule has 8 saturated heterocycles. The Labute approximate surface area is 482 Å². The van der Waals surface area contributed by atoms with E-state index in [1.165, 1.54) is 32.4 Å². The first-order valence-corrected chi connectivity index (χ1v) is 28.8. The second-order valence-electron chi connectivity index (χ2n) is 23.6. The summed E-state index contributed by atoms with van der Waals surface area (Å²) in [6, 6.07) is 18.4. The Bertz CT molecular complexity index is 3340. The van der Waals surface area contributed by atoms with E-state index in [4.69, 9.17) is 42.6 Å². The number of ether oxygens (including phenoxy) is 9. The van der Waals surface area contributed by atoms with Crippen LogP contribution in [0.3, 0.4) is 0 Å². The summed E-state index contributed by atoms with van der Waals surface area (Å²) in [6.45, 7) is 3.46. The molecule has 11 aliphatic rings. The summed E-state index contributed by atoms with van der Waals surface area (Å²) in [5.74, 6) is -4.24. The number of piperidine rings is 1. The molecule has 23 nitrogen and oxygen atoms in total. The lowest BCUT2D eigenvalue weighted by Crippen LogP contribution is -2.74. The number of phenols is 2. The quantitative estimate of drug-likeness (QED) is 0.112. The largest absolute Gasteiger partial charge is 0.507 e. The van der Waals surface area contributed by atoms with Crippen LogP contribution in [0.5, 0.6) is 17.2 Å². The van der Waals surface area contributed by atoms with Crippen molar-refractivity contribution in [1.82, 2.24) is 25.3 Å².